The zero-order chi connectivity index (χ0) is 11.5. The topological polar surface area (TPSA) is 58.3 Å². The number of nitrogens with one attached hydrogen (secondary N) is 1. The highest BCUT2D eigenvalue weighted by molar-refractivity contribution is 6.33. The van der Waals surface area contributed by atoms with Gasteiger partial charge in [0.25, 0.3) is 0 Å². The van der Waals surface area contributed by atoms with E-state index in [0.717, 1.165) is 31.4 Å². The number of nitrogens with two attached hydrogens (primary N) is 1. The van der Waals surface area contributed by atoms with Crippen LogP contribution in [0.5, 0.6) is 0 Å². The van der Waals surface area contributed by atoms with E-state index in [1.165, 1.54) is 0 Å². The Labute approximate surface area is 101 Å². The van der Waals surface area contributed by atoms with Gasteiger partial charge in [-0.2, -0.15) is 0 Å². The fourth-order valence-corrected chi connectivity index (χ4v) is 2.28. The number of rotatable bonds is 2. The van der Waals surface area contributed by atoms with Crippen LogP contribution in [0.4, 0.5) is 11.4 Å². The number of aliphatic hydroxyl groups excluding tert-OH is 1. The number of hydrogen-bond acceptors (Lipinski definition) is 3. The number of benzene rings is 1. The molecule has 0 amide bonds. The van der Waals surface area contributed by atoms with Gasteiger partial charge in [-0.1, -0.05) is 17.7 Å². The molecule has 88 valence electrons. The van der Waals surface area contributed by atoms with Crippen molar-refractivity contribution in [2.75, 3.05) is 11.1 Å². The van der Waals surface area contributed by atoms with Crippen LogP contribution in [-0.2, 0) is 0 Å². The molecular weight excluding hydrogens is 224 g/mol. The molecule has 0 bridgehead atoms. The van der Waals surface area contributed by atoms with Gasteiger partial charge in [-0.25, -0.2) is 0 Å². The lowest BCUT2D eigenvalue weighted by Gasteiger charge is -2.27. The van der Waals surface area contributed by atoms with Gasteiger partial charge in [0.05, 0.1) is 22.5 Å². The molecule has 1 fully saturated rings. The zero-order valence-electron chi connectivity index (χ0n) is 9.12. The van der Waals surface area contributed by atoms with Gasteiger partial charge in [0.1, 0.15) is 0 Å². The summed E-state index contributed by atoms with van der Waals surface area (Å²) < 4.78 is 0. The summed E-state index contributed by atoms with van der Waals surface area (Å²) in [6.07, 6.45) is 3.55. The van der Waals surface area contributed by atoms with Crippen molar-refractivity contribution < 1.29 is 5.11 Å². The number of aliphatic hydroxyl groups is 1. The fourth-order valence-electron chi connectivity index (χ4n) is 2.10. The molecule has 4 heteroatoms. The quantitative estimate of drug-likeness (QED) is 0.697. The third-order valence-corrected chi connectivity index (χ3v) is 3.44. The van der Waals surface area contributed by atoms with E-state index in [0.29, 0.717) is 16.8 Å². The van der Waals surface area contributed by atoms with E-state index in [2.05, 4.69) is 5.32 Å². The van der Waals surface area contributed by atoms with E-state index in [1.54, 1.807) is 6.07 Å². The van der Waals surface area contributed by atoms with Crippen molar-refractivity contribution in [3.63, 3.8) is 0 Å². The van der Waals surface area contributed by atoms with Gasteiger partial charge in [-0.15, -0.1) is 0 Å². The predicted molar refractivity (Wildman–Crippen MR) is 67.7 cm³/mol. The van der Waals surface area contributed by atoms with Crippen molar-refractivity contribution in [2.24, 2.45) is 0 Å². The third-order valence-electron chi connectivity index (χ3n) is 3.11. The smallest absolute Gasteiger partial charge is 0.0739 e. The van der Waals surface area contributed by atoms with Crippen molar-refractivity contribution >= 4 is 23.0 Å². The first-order valence-corrected chi connectivity index (χ1v) is 6.03. The first kappa shape index (κ1) is 11.6. The van der Waals surface area contributed by atoms with Crippen molar-refractivity contribution in [1.29, 1.82) is 0 Å². The molecule has 16 heavy (non-hydrogen) atoms. The summed E-state index contributed by atoms with van der Waals surface area (Å²) in [6.45, 7) is 0. The third kappa shape index (κ3) is 2.60. The lowest BCUT2D eigenvalue weighted by molar-refractivity contribution is 0.126. The van der Waals surface area contributed by atoms with Crippen LogP contribution in [0.15, 0.2) is 18.2 Å². The second-order valence-electron chi connectivity index (χ2n) is 4.35. The summed E-state index contributed by atoms with van der Waals surface area (Å²) in [7, 11) is 0. The molecule has 0 unspecified atom stereocenters. The van der Waals surface area contributed by atoms with Gasteiger partial charge in [-0.05, 0) is 37.8 Å². The second-order valence-corrected chi connectivity index (χ2v) is 4.76. The Bertz CT molecular complexity index is 362. The van der Waals surface area contributed by atoms with E-state index >= 15 is 0 Å². The van der Waals surface area contributed by atoms with Gasteiger partial charge >= 0.3 is 0 Å². The summed E-state index contributed by atoms with van der Waals surface area (Å²) in [5.41, 5.74) is 7.39. The Morgan fingerprint density at radius 3 is 2.62 bits per heavy atom. The maximum absolute atomic E-state index is 9.42. The predicted octanol–water partition coefficient (Wildman–Crippen LogP) is 2.64. The van der Waals surface area contributed by atoms with Gasteiger partial charge < -0.3 is 16.2 Å². The largest absolute Gasteiger partial charge is 0.396 e. The average molecular weight is 241 g/mol. The molecular formula is C12H17ClN2O. The Hall–Kier alpha value is -0.930. The molecule has 2 rings (SSSR count). The van der Waals surface area contributed by atoms with Gasteiger partial charge in [0, 0.05) is 6.04 Å². The van der Waals surface area contributed by atoms with Crippen molar-refractivity contribution in [3.05, 3.63) is 23.2 Å². The second kappa shape index (κ2) is 4.93. The van der Waals surface area contributed by atoms with E-state index in [1.807, 2.05) is 12.1 Å². The Kier molecular flexibility index (Phi) is 3.56. The SMILES string of the molecule is Nc1c(Cl)cccc1NC1CCC(O)CC1. The molecule has 1 aliphatic rings. The molecule has 4 N–H and O–H groups in total. The van der Waals surface area contributed by atoms with E-state index < -0.39 is 0 Å². The molecule has 0 heterocycles. The lowest BCUT2D eigenvalue weighted by Crippen LogP contribution is -2.28. The normalized spacial score (nSPS) is 25.4. The van der Waals surface area contributed by atoms with Crippen molar-refractivity contribution in [3.8, 4) is 0 Å². The molecule has 3 nitrogen and oxygen atoms in total. The van der Waals surface area contributed by atoms with Crippen LogP contribution in [0, 0.1) is 0 Å². The summed E-state index contributed by atoms with van der Waals surface area (Å²) >= 11 is 5.95. The van der Waals surface area contributed by atoms with Crippen LogP contribution in [0.3, 0.4) is 0 Å². The van der Waals surface area contributed by atoms with E-state index in [4.69, 9.17) is 17.3 Å². The minimum atomic E-state index is -0.130. The summed E-state index contributed by atoms with van der Waals surface area (Å²) in [6, 6.07) is 6.00. The van der Waals surface area contributed by atoms with Gasteiger partial charge in [0.2, 0.25) is 0 Å². The fraction of sp³-hybridized carbons (Fsp3) is 0.500. The molecule has 1 aromatic rings. The molecule has 1 aliphatic carbocycles. The van der Waals surface area contributed by atoms with Crippen LogP contribution < -0.4 is 11.1 Å². The van der Waals surface area contributed by atoms with Gasteiger partial charge in [0.15, 0.2) is 0 Å². The van der Waals surface area contributed by atoms with Crippen LogP contribution >= 0.6 is 11.6 Å². The highest BCUT2D eigenvalue weighted by Crippen LogP contribution is 2.29. The first-order valence-electron chi connectivity index (χ1n) is 5.65. The van der Waals surface area contributed by atoms with Gasteiger partial charge in [-0.3, -0.25) is 0 Å². The first-order chi connectivity index (χ1) is 7.66. The molecule has 0 radical (unpaired) electrons. The highest BCUT2D eigenvalue weighted by Gasteiger charge is 2.19. The highest BCUT2D eigenvalue weighted by atomic mass is 35.5. The maximum Gasteiger partial charge on any atom is 0.0739 e. The van der Waals surface area contributed by atoms with E-state index in [-0.39, 0.29) is 6.10 Å². The molecule has 0 atom stereocenters. The molecule has 0 aromatic heterocycles. The Morgan fingerprint density at radius 1 is 1.25 bits per heavy atom. The molecule has 0 spiro atoms. The Morgan fingerprint density at radius 2 is 1.94 bits per heavy atom. The monoisotopic (exact) mass is 240 g/mol. The van der Waals surface area contributed by atoms with Crippen LogP contribution in [-0.4, -0.2) is 17.3 Å². The standard InChI is InChI=1S/C12H17ClN2O/c13-10-2-1-3-11(12(10)14)15-8-4-6-9(16)7-5-8/h1-3,8-9,15-16H,4-7,14H2. The number of para-hydroxylation sites is 1. The maximum atomic E-state index is 9.42. The number of hydrogen-bond donors (Lipinski definition) is 3. The molecule has 1 aromatic carbocycles. The number of anilines is 2. The van der Waals surface area contributed by atoms with Crippen LogP contribution in [0.25, 0.3) is 0 Å². The Balaban J connectivity index is 2.01. The average Bonchev–Trinajstić information content (AvgIpc) is 2.28. The zero-order valence-corrected chi connectivity index (χ0v) is 9.87. The molecule has 0 saturated heterocycles. The number of nitrogen functional groups attached to an aromatic ring is 1. The van der Waals surface area contributed by atoms with Crippen LogP contribution in [0.1, 0.15) is 25.7 Å². The van der Waals surface area contributed by atoms with Crippen molar-refractivity contribution in [2.45, 2.75) is 37.8 Å². The summed E-state index contributed by atoms with van der Waals surface area (Å²) in [4.78, 5) is 0. The van der Waals surface area contributed by atoms with Crippen LogP contribution in [0.2, 0.25) is 5.02 Å². The minimum Gasteiger partial charge on any atom is -0.396 e. The number of halogens is 1. The minimum absolute atomic E-state index is 0.130. The lowest BCUT2D eigenvalue weighted by atomic mass is 9.93. The summed E-state index contributed by atoms with van der Waals surface area (Å²) in [5.74, 6) is 0. The molecule has 0 aliphatic heterocycles. The van der Waals surface area contributed by atoms with Crippen molar-refractivity contribution in [1.82, 2.24) is 0 Å². The molecule has 1 saturated carbocycles. The van der Waals surface area contributed by atoms with E-state index in [9.17, 15) is 5.11 Å². The summed E-state index contributed by atoms with van der Waals surface area (Å²) in [5, 5.41) is 13.4.